The van der Waals surface area contributed by atoms with Crippen LogP contribution in [0.4, 0.5) is 10.7 Å². The van der Waals surface area contributed by atoms with Gasteiger partial charge in [0.05, 0.1) is 16.5 Å². The van der Waals surface area contributed by atoms with Crippen molar-refractivity contribution in [3.63, 3.8) is 0 Å². The molecular formula is C16H19ClN6O2S. The fourth-order valence-electron chi connectivity index (χ4n) is 2.68. The van der Waals surface area contributed by atoms with Gasteiger partial charge < -0.3 is 10.2 Å². The Morgan fingerprint density at radius 2 is 1.96 bits per heavy atom. The average molecular weight is 395 g/mol. The summed E-state index contributed by atoms with van der Waals surface area (Å²) in [5.41, 5.74) is 0.760. The minimum absolute atomic E-state index is 0.0377. The molecule has 8 nitrogen and oxygen atoms in total. The van der Waals surface area contributed by atoms with Gasteiger partial charge in [0.1, 0.15) is 0 Å². The second-order valence-electron chi connectivity index (χ2n) is 5.68. The Labute approximate surface area is 160 Å². The summed E-state index contributed by atoms with van der Waals surface area (Å²) in [4.78, 5) is 25.3. The first kappa shape index (κ1) is 18.5. The maximum atomic E-state index is 11.9. The molecule has 0 spiro atoms. The molecule has 26 heavy (non-hydrogen) atoms. The monoisotopic (exact) mass is 394 g/mol. The van der Waals surface area contributed by atoms with Crippen LogP contribution < -0.4 is 15.5 Å². The van der Waals surface area contributed by atoms with E-state index in [0.29, 0.717) is 16.1 Å². The first-order valence-corrected chi connectivity index (χ1v) is 9.56. The first-order chi connectivity index (χ1) is 12.6. The lowest BCUT2D eigenvalue weighted by atomic mass is 10.3. The van der Waals surface area contributed by atoms with E-state index in [4.69, 9.17) is 11.6 Å². The van der Waals surface area contributed by atoms with Crippen molar-refractivity contribution in [3.8, 4) is 5.69 Å². The minimum atomic E-state index is -0.541. The highest BCUT2D eigenvalue weighted by Gasteiger charge is 2.24. The van der Waals surface area contributed by atoms with E-state index in [1.165, 1.54) is 18.8 Å². The molecule has 3 amide bonds. The van der Waals surface area contributed by atoms with Gasteiger partial charge in [0.2, 0.25) is 11.9 Å². The van der Waals surface area contributed by atoms with E-state index in [-0.39, 0.29) is 5.75 Å². The van der Waals surface area contributed by atoms with Crippen molar-refractivity contribution < 1.29 is 9.59 Å². The highest BCUT2D eigenvalue weighted by molar-refractivity contribution is 7.99. The standard InChI is InChI=1S/C16H19ClN6O2S/c1-18-14(25)19-13(24)10-26-16-21-20-15(22-8-4-5-9-22)23(16)12-7-3-2-6-11(12)17/h2-3,6-7H,4-5,8-10H2,1H3,(H2,18,19,24,25). The zero-order valence-corrected chi connectivity index (χ0v) is 15.8. The third-order valence-corrected chi connectivity index (χ3v) is 5.16. The van der Waals surface area contributed by atoms with E-state index < -0.39 is 11.9 Å². The van der Waals surface area contributed by atoms with Crippen LogP contribution in [-0.4, -0.2) is 52.6 Å². The number of halogens is 1. The number of imide groups is 1. The van der Waals surface area contributed by atoms with E-state index in [9.17, 15) is 9.59 Å². The molecule has 1 aliphatic heterocycles. The van der Waals surface area contributed by atoms with E-state index in [1.54, 1.807) is 6.07 Å². The Bertz CT molecular complexity index is 806. The largest absolute Gasteiger partial charge is 0.341 e. The van der Waals surface area contributed by atoms with E-state index in [1.807, 2.05) is 22.8 Å². The Hall–Kier alpha value is -2.26. The topological polar surface area (TPSA) is 92.2 Å². The molecule has 1 saturated heterocycles. The zero-order chi connectivity index (χ0) is 18.5. The molecule has 2 N–H and O–H groups in total. The number of rotatable bonds is 5. The maximum absolute atomic E-state index is 11.9. The van der Waals surface area contributed by atoms with Gasteiger partial charge in [-0.2, -0.15) is 0 Å². The number of nitrogens with zero attached hydrogens (tertiary/aromatic N) is 4. The molecule has 2 heterocycles. The highest BCUT2D eigenvalue weighted by atomic mass is 35.5. The van der Waals surface area contributed by atoms with Crippen molar-refractivity contribution in [2.24, 2.45) is 0 Å². The molecule has 2 aromatic rings. The molecule has 0 aliphatic carbocycles. The van der Waals surface area contributed by atoms with Gasteiger partial charge in [0.25, 0.3) is 0 Å². The number of carbonyl (C=O) groups excluding carboxylic acids is 2. The van der Waals surface area contributed by atoms with Gasteiger partial charge in [0.15, 0.2) is 5.16 Å². The maximum Gasteiger partial charge on any atom is 0.321 e. The van der Waals surface area contributed by atoms with Crippen LogP contribution in [0.15, 0.2) is 29.4 Å². The summed E-state index contributed by atoms with van der Waals surface area (Å²) in [6.45, 7) is 1.81. The minimum Gasteiger partial charge on any atom is -0.341 e. The summed E-state index contributed by atoms with van der Waals surface area (Å²) in [6.07, 6.45) is 2.21. The van der Waals surface area contributed by atoms with Crippen LogP contribution in [0.1, 0.15) is 12.8 Å². The highest BCUT2D eigenvalue weighted by Crippen LogP contribution is 2.31. The molecular weight excluding hydrogens is 376 g/mol. The molecule has 0 bridgehead atoms. The lowest BCUT2D eigenvalue weighted by Gasteiger charge is -2.19. The predicted molar refractivity (Wildman–Crippen MR) is 101 cm³/mol. The second-order valence-corrected chi connectivity index (χ2v) is 7.03. The van der Waals surface area contributed by atoms with Crippen molar-refractivity contribution >= 4 is 41.2 Å². The molecule has 0 atom stereocenters. The Morgan fingerprint density at radius 1 is 1.23 bits per heavy atom. The fraction of sp³-hybridized carbons (Fsp3) is 0.375. The number of urea groups is 1. The van der Waals surface area contributed by atoms with Crippen LogP contribution in [-0.2, 0) is 4.79 Å². The van der Waals surface area contributed by atoms with Crippen LogP contribution >= 0.6 is 23.4 Å². The third-order valence-electron chi connectivity index (χ3n) is 3.91. The van der Waals surface area contributed by atoms with Crippen molar-refractivity contribution in [1.82, 2.24) is 25.4 Å². The summed E-state index contributed by atoms with van der Waals surface area (Å²) in [5.74, 6) is 0.339. The van der Waals surface area contributed by atoms with E-state index >= 15 is 0 Å². The molecule has 138 valence electrons. The lowest BCUT2D eigenvalue weighted by molar-refractivity contribution is -0.117. The molecule has 0 saturated carbocycles. The second kappa shape index (κ2) is 8.41. The number of para-hydroxylation sites is 1. The molecule has 1 aromatic carbocycles. The molecule has 0 unspecified atom stereocenters. The number of hydrogen-bond donors (Lipinski definition) is 2. The molecule has 1 aliphatic rings. The van der Waals surface area contributed by atoms with Gasteiger partial charge in [-0.25, -0.2) is 4.79 Å². The number of thioether (sulfide) groups is 1. The molecule has 1 fully saturated rings. The number of aromatic nitrogens is 3. The quantitative estimate of drug-likeness (QED) is 0.754. The number of amides is 3. The Kier molecular flexibility index (Phi) is 6.00. The van der Waals surface area contributed by atoms with Gasteiger partial charge in [-0.1, -0.05) is 35.5 Å². The number of nitrogens with one attached hydrogen (secondary N) is 2. The fourth-order valence-corrected chi connectivity index (χ4v) is 3.64. The van der Waals surface area contributed by atoms with Gasteiger partial charge >= 0.3 is 6.03 Å². The first-order valence-electron chi connectivity index (χ1n) is 8.20. The summed E-state index contributed by atoms with van der Waals surface area (Å²) in [5, 5.41) is 14.3. The predicted octanol–water partition coefficient (Wildman–Crippen LogP) is 2.07. The number of benzene rings is 1. The molecule has 10 heteroatoms. The Balaban J connectivity index is 1.87. The van der Waals surface area contributed by atoms with Crippen molar-refractivity contribution in [2.75, 3.05) is 30.8 Å². The van der Waals surface area contributed by atoms with E-state index in [0.717, 1.165) is 31.6 Å². The SMILES string of the molecule is CNC(=O)NC(=O)CSc1nnc(N2CCCC2)n1-c1ccccc1Cl. The van der Waals surface area contributed by atoms with Crippen LogP contribution in [0.5, 0.6) is 0 Å². The smallest absolute Gasteiger partial charge is 0.321 e. The van der Waals surface area contributed by atoms with Crippen molar-refractivity contribution in [2.45, 2.75) is 18.0 Å². The van der Waals surface area contributed by atoms with Crippen LogP contribution in [0, 0.1) is 0 Å². The van der Waals surface area contributed by atoms with Crippen LogP contribution in [0.25, 0.3) is 5.69 Å². The van der Waals surface area contributed by atoms with Gasteiger partial charge in [-0.05, 0) is 25.0 Å². The summed E-state index contributed by atoms with van der Waals surface area (Å²) >= 11 is 7.58. The van der Waals surface area contributed by atoms with Crippen molar-refractivity contribution in [3.05, 3.63) is 29.3 Å². The van der Waals surface area contributed by atoms with Crippen LogP contribution in [0.2, 0.25) is 5.02 Å². The molecule has 3 rings (SSSR count). The number of anilines is 1. The summed E-state index contributed by atoms with van der Waals surface area (Å²) in [6, 6.07) is 6.90. The van der Waals surface area contributed by atoms with Gasteiger partial charge in [-0.3, -0.25) is 14.7 Å². The normalized spacial score (nSPS) is 13.7. The summed E-state index contributed by atoms with van der Waals surface area (Å²) < 4.78 is 1.87. The summed E-state index contributed by atoms with van der Waals surface area (Å²) in [7, 11) is 1.45. The third kappa shape index (κ3) is 4.10. The average Bonchev–Trinajstić information content (AvgIpc) is 3.29. The zero-order valence-electron chi connectivity index (χ0n) is 14.2. The molecule has 1 aromatic heterocycles. The Morgan fingerprint density at radius 3 is 2.65 bits per heavy atom. The van der Waals surface area contributed by atoms with Gasteiger partial charge in [0, 0.05) is 20.1 Å². The molecule has 0 radical (unpaired) electrons. The number of carbonyl (C=O) groups is 2. The van der Waals surface area contributed by atoms with Crippen LogP contribution in [0.3, 0.4) is 0 Å². The van der Waals surface area contributed by atoms with E-state index in [2.05, 4.69) is 25.7 Å². The number of hydrogen-bond acceptors (Lipinski definition) is 6. The van der Waals surface area contributed by atoms with Crippen molar-refractivity contribution in [1.29, 1.82) is 0 Å². The van der Waals surface area contributed by atoms with Gasteiger partial charge in [-0.15, -0.1) is 10.2 Å². The lowest BCUT2D eigenvalue weighted by Crippen LogP contribution is -2.38.